The van der Waals surface area contributed by atoms with Crippen molar-refractivity contribution in [1.29, 1.82) is 0 Å². The summed E-state index contributed by atoms with van der Waals surface area (Å²) >= 11 is 0. The highest BCUT2D eigenvalue weighted by molar-refractivity contribution is 5.22. The van der Waals surface area contributed by atoms with Gasteiger partial charge in [0.2, 0.25) is 0 Å². The fourth-order valence-electron chi connectivity index (χ4n) is 2.89. The van der Waals surface area contributed by atoms with E-state index in [9.17, 15) is 8.78 Å². The van der Waals surface area contributed by atoms with Gasteiger partial charge in [-0.15, -0.1) is 0 Å². The first kappa shape index (κ1) is 16.3. The van der Waals surface area contributed by atoms with E-state index >= 15 is 0 Å². The lowest BCUT2D eigenvalue weighted by molar-refractivity contribution is -0.0119. The Labute approximate surface area is 125 Å². The zero-order valence-corrected chi connectivity index (χ0v) is 12.5. The van der Waals surface area contributed by atoms with E-state index < -0.39 is 11.6 Å². The van der Waals surface area contributed by atoms with Crippen LogP contribution in [0.4, 0.5) is 8.78 Å². The van der Waals surface area contributed by atoms with E-state index in [-0.39, 0.29) is 12.1 Å². The van der Waals surface area contributed by atoms with Crippen molar-refractivity contribution in [2.24, 2.45) is 5.73 Å². The van der Waals surface area contributed by atoms with Gasteiger partial charge in [-0.05, 0) is 43.5 Å². The molecule has 3 nitrogen and oxygen atoms in total. The second-order valence-corrected chi connectivity index (χ2v) is 5.56. The first-order chi connectivity index (χ1) is 10.2. The SMILES string of the molecule is CCCOC1CCCN(C(CN)c2ccc(F)c(F)c2)C1. The van der Waals surface area contributed by atoms with Crippen molar-refractivity contribution in [3.63, 3.8) is 0 Å². The summed E-state index contributed by atoms with van der Waals surface area (Å²) in [7, 11) is 0. The number of nitrogens with zero attached hydrogens (tertiary/aromatic N) is 1. The van der Waals surface area contributed by atoms with Crippen LogP contribution in [0.5, 0.6) is 0 Å². The Morgan fingerprint density at radius 2 is 2.19 bits per heavy atom. The maximum absolute atomic E-state index is 13.4. The number of nitrogens with two attached hydrogens (primary N) is 1. The molecule has 0 radical (unpaired) electrons. The molecule has 118 valence electrons. The molecule has 2 rings (SSSR count). The Kier molecular flexibility index (Phi) is 6.08. The molecule has 2 N–H and O–H groups in total. The molecular formula is C16H24F2N2O. The third-order valence-electron chi connectivity index (χ3n) is 3.96. The van der Waals surface area contributed by atoms with Crippen molar-refractivity contribution in [3.8, 4) is 0 Å². The summed E-state index contributed by atoms with van der Waals surface area (Å²) in [4.78, 5) is 2.22. The molecule has 2 atom stereocenters. The number of hydrogen-bond donors (Lipinski definition) is 1. The number of likely N-dealkylation sites (tertiary alicyclic amines) is 1. The van der Waals surface area contributed by atoms with Gasteiger partial charge in [0.05, 0.1) is 6.10 Å². The van der Waals surface area contributed by atoms with Gasteiger partial charge in [0.25, 0.3) is 0 Å². The lowest BCUT2D eigenvalue weighted by Gasteiger charge is -2.38. The fourth-order valence-corrected chi connectivity index (χ4v) is 2.89. The molecule has 0 amide bonds. The molecule has 0 spiro atoms. The molecule has 1 aliphatic rings. The lowest BCUT2D eigenvalue weighted by Crippen LogP contribution is -2.44. The standard InChI is InChI=1S/C16H24F2N2O/c1-2-8-21-13-4-3-7-20(11-13)16(10-19)12-5-6-14(17)15(18)9-12/h5-6,9,13,16H,2-4,7-8,10-11,19H2,1H3. The number of ether oxygens (including phenoxy) is 1. The van der Waals surface area contributed by atoms with Gasteiger partial charge in [-0.1, -0.05) is 13.0 Å². The van der Waals surface area contributed by atoms with E-state index in [1.807, 2.05) is 0 Å². The topological polar surface area (TPSA) is 38.5 Å². The molecule has 1 fully saturated rings. The summed E-state index contributed by atoms with van der Waals surface area (Å²) in [6.07, 6.45) is 3.29. The van der Waals surface area contributed by atoms with Crippen molar-refractivity contribution >= 4 is 0 Å². The summed E-state index contributed by atoms with van der Waals surface area (Å²) < 4.78 is 32.3. The lowest BCUT2D eigenvalue weighted by atomic mass is 10.0. The Hall–Kier alpha value is -1.04. The van der Waals surface area contributed by atoms with Crippen LogP contribution in [-0.2, 0) is 4.74 Å². The Morgan fingerprint density at radius 1 is 1.38 bits per heavy atom. The van der Waals surface area contributed by atoms with Gasteiger partial charge < -0.3 is 10.5 Å². The third kappa shape index (κ3) is 4.22. The molecule has 0 aromatic heterocycles. The Bertz CT molecular complexity index is 456. The molecule has 1 aromatic rings. The summed E-state index contributed by atoms with van der Waals surface area (Å²) in [5.41, 5.74) is 6.60. The van der Waals surface area contributed by atoms with Gasteiger partial charge in [0, 0.05) is 25.7 Å². The van der Waals surface area contributed by atoms with E-state index in [2.05, 4.69) is 11.8 Å². The number of benzene rings is 1. The Balaban J connectivity index is 2.07. The van der Waals surface area contributed by atoms with E-state index in [1.165, 1.54) is 12.1 Å². The highest BCUT2D eigenvalue weighted by Gasteiger charge is 2.27. The van der Waals surface area contributed by atoms with Gasteiger partial charge >= 0.3 is 0 Å². The minimum atomic E-state index is -0.822. The van der Waals surface area contributed by atoms with Crippen LogP contribution in [0.15, 0.2) is 18.2 Å². The van der Waals surface area contributed by atoms with Crippen LogP contribution in [0.3, 0.4) is 0 Å². The van der Waals surface area contributed by atoms with Gasteiger partial charge in [-0.2, -0.15) is 0 Å². The normalized spacial score (nSPS) is 21.4. The van der Waals surface area contributed by atoms with E-state index in [4.69, 9.17) is 10.5 Å². The van der Waals surface area contributed by atoms with Crippen LogP contribution in [0.25, 0.3) is 0 Å². The molecule has 1 saturated heterocycles. The fraction of sp³-hybridized carbons (Fsp3) is 0.625. The predicted octanol–water partition coefficient (Wildman–Crippen LogP) is 2.86. The molecule has 0 bridgehead atoms. The molecule has 2 unspecified atom stereocenters. The van der Waals surface area contributed by atoms with Crippen LogP contribution >= 0.6 is 0 Å². The summed E-state index contributed by atoms with van der Waals surface area (Å²) in [6.45, 7) is 4.93. The van der Waals surface area contributed by atoms with Crippen molar-refractivity contribution in [3.05, 3.63) is 35.4 Å². The number of hydrogen-bond acceptors (Lipinski definition) is 3. The first-order valence-electron chi connectivity index (χ1n) is 7.66. The van der Waals surface area contributed by atoms with Crippen LogP contribution in [-0.4, -0.2) is 37.2 Å². The van der Waals surface area contributed by atoms with E-state index in [1.54, 1.807) is 6.07 Å². The Morgan fingerprint density at radius 3 is 2.86 bits per heavy atom. The zero-order valence-electron chi connectivity index (χ0n) is 12.5. The van der Waals surface area contributed by atoms with E-state index in [0.29, 0.717) is 6.54 Å². The van der Waals surface area contributed by atoms with Crippen LogP contribution in [0, 0.1) is 11.6 Å². The highest BCUT2D eigenvalue weighted by atomic mass is 19.2. The summed E-state index contributed by atoms with van der Waals surface area (Å²) in [5.74, 6) is -1.64. The molecule has 1 heterocycles. The number of rotatable bonds is 6. The minimum absolute atomic E-state index is 0.0897. The van der Waals surface area contributed by atoms with Crippen LogP contribution in [0.1, 0.15) is 37.8 Å². The second-order valence-electron chi connectivity index (χ2n) is 5.56. The van der Waals surface area contributed by atoms with Gasteiger partial charge in [0.15, 0.2) is 11.6 Å². The average molecular weight is 298 g/mol. The molecular weight excluding hydrogens is 274 g/mol. The molecule has 1 aromatic carbocycles. The van der Waals surface area contributed by atoms with E-state index in [0.717, 1.165) is 44.5 Å². The van der Waals surface area contributed by atoms with Gasteiger partial charge in [-0.3, -0.25) is 4.90 Å². The summed E-state index contributed by atoms with van der Waals surface area (Å²) in [5, 5.41) is 0. The van der Waals surface area contributed by atoms with Crippen molar-refractivity contribution in [2.75, 3.05) is 26.2 Å². The molecule has 0 saturated carbocycles. The maximum atomic E-state index is 13.4. The molecule has 0 aliphatic carbocycles. The smallest absolute Gasteiger partial charge is 0.159 e. The third-order valence-corrected chi connectivity index (χ3v) is 3.96. The van der Waals surface area contributed by atoms with Crippen molar-refractivity contribution in [1.82, 2.24) is 4.90 Å². The maximum Gasteiger partial charge on any atom is 0.159 e. The monoisotopic (exact) mass is 298 g/mol. The number of piperidine rings is 1. The van der Waals surface area contributed by atoms with Gasteiger partial charge in [0.1, 0.15) is 0 Å². The minimum Gasteiger partial charge on any atom is -0.377 e. The molecule has 1 aliphatic heterocycles. The van der Waals surface area contributed by atoms with Crippen LogP contribution < -0.4 is 5.73 Å². The van der Waals surface area contributed by atoms with Gasteiger partial charge in [-0.25, -0.2) is 8.78 Å². The number of halogens is 2. The molecule has 21 heavy (non-hydrogen) atoms. The van der Waals surface area contributed by atoms with Crippen molar-refractivity contribution in [2.45, 2.75) is 38.3 Å². The summed E-state index contributed by atoms with van der Waals surface area (Å²) in [6, 6.07) is 3.95. The second kappa shape index (κ2) is 7.82. The van der Waals surface area contributed by atoms with Crippen molar-refractivity contribution < 1.29 is 13.5 Å². The quantitative estimate of drug-likeness (QED) is 0.877. The predicted molar refractivity (Wildman–Crippen MR) is 79.0 cm³/mol. The average Bonchev–Trinajstić information content (AvgIpc) is 2.50. The van der Waals surface area contributed by atoms with Crippen LogP contribution in [0.2, 0.25) is 0 Å². The highest BCUT2D eigenvalue weighted by Crippen LogP contribution is 2.26. The first-order valence-corrected chi connectivity index (χ1v) is 7.66. The zero-order chi connectivity index (χ0) is 15.2. The molecule has 5 heteroatoms. The largest absolute Gasteiger partial charge is 0.377 e.